The van der Waals surface area contributed by atoms with Gasteiger partial charge in [-0.15, -0.1) is 11.3 Å². The molecular weight excluding hydrogens is 139 g/mol. The lowest BCUT2D eigenvalue weighted by Crippen LogP contribution is -2.06. The summed E-state index contributed by atoms with van der Waals surface area (Å²) in [7, 11) is 5.75. The molecular formula is C8H9BS. The van der Waals surface area contributed by atoms with Gasteiger partial charge >= 0.3 is 0 Å². The molecule has 0 bridgehead atoms. The summed E-state index contributed by atoms with van der Waals surface area (Å²) in [6.45, 7) is 7.82. The van der Waals surface area contributed by atoms with Gasteiger partial charge < -0.3 is 0 Å². The summed E-state index contributed by atoms with van der Waals surface area (Å²) in [5.74, 6) is 0. The second-order valence-electron chi connectivity index (χ2n) is 2.44. The van der Waals surface area contributed by atoms with E-state index in [1.807, 2.05) is 13.8 Å². The second kappa shape index (κ2) is 2.63. The molecule has 0 fully saturated rings. The monoisotopic (exact) mass is 148 g/mol. The normalized spacial score (nSPS) is 9.80. The Morgan fingerprint density at radius 1 is 1.70 bits per heavy atom. The first-order valence-corrected chi connectivity index (χ1v) is 4.00. The Bertz CT molecular complexity index is 260. The first kappa shape index (κ1) is 7.61. The molecule has 2 heteroatoms. The number of aryl methyl sites for hydroxylation is 1. The summed E-state index contributed by atoms with van der Waals surface area (Å²) in [6, 6.07) is 0. The van der Waals surface area contributed by atoms with Crippen molar-refractivity contribution >= 4 is 30.2 Å². The van der Waals surface area contributed by atoms with E-state index in [1.165, 1.54) is 0 Å². The maximum atomic E-state index is 5.75. The Kier molecular flexibility index (Phi) is 2.00. The fourth-order valence-electron chi connectivity index (χ4n) is 0.784. The SMILES string of the molecule is [B]c1c(C)csc1C(=C)C. The number of hydrogen-bond acceptors (Lipinski definition) is 1. The van der Waals surface area contributed by atoms with Crippen LogP contribution in [-0.4, -0.2) is 7.85 Å². The van der Waals surface area contributed by atoms with Crippen molar-refractivity contribution in [3.63, 3.8) is 0 Å². The molecule has 1 rings (SSSR count). The predicted octanol–water partition coefficient (Wildman–Crippen LogP) is 1.88. The smallest absolute Gasteiger partial charge is 0.116 e. The molecule has 50 valence electrons. The van der Waals surface area contributed by atoms with E-state index in [9.17, 15) is 0 Å². The van der Waals surface area contributed by atoms with E-state index in [1.54, 1.807) is 11.3 Å². The molecule has 0 unspecified atom stereocenters. The van der Waals surface area contributed by atoms with Crippen molar-refractivity contribution in [3.8, 4) is 0 Å². The van der Waals surface area contributed by atoms with Gasteiger partial charge in [-0.3, -0.25) is 0 Å². The molecule has 0 aliphatic heterocycles. The molecule has 10 heavy (non-hydrogen) atoms. The number of allylic oxidation sites excluding steroid dienone is 1. The van der Waals surface area contributed by atoms with Gasteiger partial charge in [0.2, 0.25) is 0 Å². The van der Waals surface area contributed by atoms with Crippen LogP contribution in [0, 0.1) is 6.92 Å². The summed E-state index contributed by atoms with van der Waals surface area (Å²) in [5.41, 5.74) is 3.09. The maximum absolute atomic E-state index is 5.75. The highest BCUT2D eigenvalue weighted by Crippen LogP contribution is 2.17. The van der Waals surface area contributed by atoms with Crippen LogP contribution in [0.1, 0.15) is 17.4 Å². The molecule has 0 saturated heterocycles. The minimum atomic E-state index is 0.887. The molecule has 1 aromatic heterocycles. The Hall–Kier alpha value is -0.495. The first-order chi connectivity index (χ1) is 4.63. The summed E-state index contributed by atoms with van der Waals surface area (Å²) in [4.78, 5) is 1.12. The van der Waals surface area contributed by atoms with E-state index in [2.05, 4.69) is 12.0 Å². The van der Waals surface area contributed by atoms with Gasteiger partial charge in [0.05, 0.1) is 0 Å². The Labute approximate surface area is 67.0 Å². The average Bonchev–Trinajstić information content (AvgIpc) is 2.14. The third-order valence-corrected chi connectivity index (χ3v) is 2.69. The zero-order valence-electron chi connectivity index (χ0n) is 6.27. The molecule has 1 heterocycles. The molecule has 1 aromatic rings. The van der Waals surface area contributed by atoms with E-state index >= 15 is 0 Å². The molecule has 0 aromatic carbocycles. The lowest BCUT2D eigenvalue weighted by Gasteiger charge is -1.96. The van der Waals surface area contributed by atoms with Gasteiger partial charge in [0.25, 0.3) is 0 Å². The molecule has 0 saturated carbocycles. The van der Waals surface area contributed by atoms with Gasteiger partial charge in [0, 0.05) is 4.88 Å². The van der Waals surface area contributed by atoms with Crippen LogP contribution in [0.25, 0.3) is 5.57 Å². The van der Waals surface area contributed by atoms with Crippen LogP contribution in [0.2, 0.25) is 0 Å². The molecule has 0 N–H and O–H groups in total. The van der Waals surface area contributed by atoms with E-state index in [-0.39, 0.29) is 0 Å². The summed E-state index contributed by atoms with van der Waals surface area (Å²) < 4.78 is 0. The van der Waals surface area contributed by atoms with Crippen molar-refractivity contribution in [1.29, 1.82) is 0 Å². The van der Waals surface area contributed by atoms with Crippen LogP contribution in [0.5, 0.6) is 0 Å². The van der Waals surface area contributed by atoms with Gasteiger partial charge in [0.1, 0.15) is 7.85 Å². The largest absolute Gasteiger partial charge is 0.145 e. The molecule has 0 aliphatic rings. The van der Waals surface area contributed by atoms with Crippen molar-refractivity contribution in [2.45, 2.75) is 13.8 Å². The third kappa shape index (κ3) is 1.17. The van der Waals surface area contributed by atoms with Crippen LogP contribution in [0.4, 0.5) is 0 Å². The van der Waals surface area contributed by atoms with Gasteiger partial charge in [-0.05, 0) is 30.4 Å². The molecule has 0 spiro atoms. The average molecular weight is 148 g/mol. The Balaban J connectivity index is 3.17. The summed E-state index contributed by atoms with van der Waals surface area (Å²) in [6.07, 6.45) is 0. The predicted molar refractivity (Wildman–Crippen MR) is 49.2 cm³/mol. The van der Waals surface area contributed by atoms with Crippen LogP contribution >= 0.6 is 11.3 Å². The highest BCUT2D eigenvalue weighted by atomic mass is 32.1. The van der Waals surface area contributed by atoms with Gasteiger partial charge in [0.15, 0.2) is 0 Å². The van der Waals surface area contributed by atoms with Crippen molar-refractivity contribution in [3.05, 3.63) is 22.4 Å². The minimum Gasteiger partial charge on any atom is -0.145 e. The Morgan fingerprint density at radius 3 is 2.50 bits per heavy atom. The molecule has 0 amide bonds. The quantitative estimate of drug-likeness (QED) is 0.533. The van der Waals surface area contributed by atoms with Crippen molar-refractivity contribution in [2.75, 3.05) is 0 Å². The molecule has 0 nitrogen and oxygen atoms in total. The Morgan fingerprint density at radius 2 is 2.30 bits per heavy atom. The number of rotatable bonds is 1. The van der Waals surface area contributed by atoms with Crippen molar-refractivity contribution in [1.82, 2.24) is 0 Å². The van der Waals surface area contributed by atoms with E-state index in [0.717, 1.165) is 21.5 Å². The number of hydrogen-bond donors (Lipinski definition) is 0. The van der Waals surface area contributed by atoms with Crippen molar-refractivity contribution < 1.29 is 0 Å². The number of thiophene rings is 1. The highest BCUT2D eigenvalue weighted by Gasteiger charge is 2.02. The fourth-order valence-corrected chi connectivity index (χ4v) is 1.69. The van der Waals surface area contributed by atoms with Crippen LogP contribution in [0.3, 0.4) is 0 Å². The zero-order valence-corrected chi connectivity index (χ0v) is 7.09. The third-order valence-electron chi connectivity index (χ3n) is 1.41. The standard InChI is InChI=1S/C8H9BS/c1-5(2)8-7(9)6(3)4-10-8/h4H,1H2,2-3H3. The van der Waals surface area contributed by atoms with Crippen LogP contribution in [0.15, 0.2) is 12.0 Å². The van der Waals surface area contributed by atoms with Crippen LogP contribution < -0.4 is 5.46 Å². The summed E-state index contributed by atoms with van der Waals surface area (Å²) in [5, 5.41) is 2.05. The molecule has 0 atom stereocenters. The van der Waals surface area contributed by atoms with E-state index < -0.39 is 0 Å². The van der Waals surface area contributed by atoms with Crippen molar-refractivity contribution in [2.24, 2.45) is 0 Å². The summed E-state index contributed by atoms with van der Waals surface area (Å²) >= 11 is 1.66. The van der Waals surface area contributed by atoms with Gasteiger partial charge in [-0.2, -0.15) is 0 Å². The molecule has 0 aliphatic carbocycles. The second-order valence-corrected chi connectivity index (χ2v) is 3.32. The lowest BCUT2D eigenvalue weighted by atomic mass is 9.91. The molecule has 2 radical (unpaired) electrons. The van der Waals surface area contributed by atoms with Crippen LogP contribution in [-0.2, 0) is 0 Å². The van der Waals surface area contributed by atoms with E-state index in [0.29, 0.717) is 0 Å². The van der Waals surface area contributed by atoms with Gasteiger partial charge in [-0.25, -0.2) is 0 Å². The van der Waals surface area contributed by atoms with E-state index in [4.69, 9.17) is 7.85 Å². The fraction of sp³-hybridized carbons (Fsp3) is 0.250. The topological polar surface area (TPSA) is 0 Å². The lowest BCUT2D eigenvalue weighted by molar-refractivity contribution is 1.59. The van der Waals surface area contributed by atoms with Gasteiger partial charge in [-0.1, -0.05) is 12.0 Å². The highest BCUT2D eigenvalue weighted by molar-refractivity contribution is 7.12. The zero-order chi connectivity index (χ0) is 7.72. The first-order valence-electron chi connectivity index (χ1n) is 3.12. The minimum absolute atomic E-state index is 0.887. The maximum Gasteiger partial charge on any atom is 0.116 e.